The summed E-state index contributed by atoms with van der Waals surface area (Å²) < 4.78 is 0. The number of nitrogens with one attached hydrogen (secondary N) is 1. The highest BCUT2D eigenvalue weighted by Crippen LogP contribution is 2.22. The predicted molar refractivity (Wildman–Crippen MR) is 60.5 cm³/mol. The van der Waals surface area contributed by atoms with Crippen molar-refractivity contribution in [3.05, 3.63) is 29.6 Å². The van der Waals surface area contributed by atoms with E-state index < -0.39 is 5.97 Å². The zero-order valence-corrected chi connectivity index (χ0v) is 9.35. The van der Waals surface area contributed by atoms with Crippen molar-refractivity contribution in [1.82, 2.24) is 10.3 Å². The number of carboxylic acids is 1. The summed E-state index contributed by atoms with van der Waals surface area (Å²) in [6, 6.07) is 2.81. The molecule has 0 saturated carbocycles. The Morgan fingerprint density at radius 2 is 2.29 bits per heavy atom. The van der Waals surface area contributed by atoms with Gasteiger partial charge in [0, 0.05) is 12.6 Å². The molecule has 2 heterocycles. The summed E-state index contributed by atoms with van der Waals surface area (Å²) in [7, 11) is 0. The standard InChI is InChI=1S/C12H14N2O3/c15-11-4-2-1-3-9(14-11)10-7-8(12(16)17)5-6-13-10/h5-7,9H,1-4H2,(H,14,15)(H,16,17)/t9-/m0/s1. The van der Waals surface area contributed by atoms with Crippen molar-refractivity contribution in [3.8, 4) is 0 Å². The molecule has 0 spiro atoms. The van der Waals surface area contributed by atoms with Gasteiger partial charge in [-0.1, -0.05) is 6.42 Å². The number of pyridine rings is 1. The molecular formula is C12H14N2O3. The molecule has 1 aliphatic heterocycles. The minimum Gasteiger partial charge on any atom is -0.478 e. The van der Waals surface area contributed by atoms with Gasteiger partial charge in [-0.2, -0.15) is 0 Å². The van der Waals surface area contributed by atoms with Crippen molar-refractivity contribution in [1.29, 1.82) is 0 Å². The lowest BCUT2D eigenvalue weighted by molar-refractivity contribution is -0.121. The quantitative estimate of drug-likeness (QED) is 0.812. The fraction of sp³-hybridized carbons (Fsp3) is 0.417. The van der Waals surface area contributed by atoms with Gasteiger partial charge in [-0.25, -0.2) is 4.79 Å². The summed E-state index contributed by atoms with van der Waals surface area (Å²) in [5, 5.41) is 11.8. The normalized spacial score (nSPS) is 20.5. The third-order valence-corrected chi connectivity index (χ3v) is 2.87. The average molecular weight is 234 g/mol. The highest BCUT2D eigenvalue weighted by atomic mass is 16.4. The summed E-state index contributed by atoms with van der Waals surface area (Å²) in [4.78, 5) is 26.4. The molecule has 1 aromatic heterocycles. The van der Waals surface area contributed by atoms with Gasteiger partial charge in [0.1, 0.15) is 0 Å². The molecule has 1 fully saturated rings. The molecule has 90 valence electrons. The topological polar surface area (TPSA) is 79.3 Å². The molecule has 1 saturated heterocycles. The largest absolute Gasteiger partial charge is 0.478 e. The Kier molecular flexibility index (Phi) is 3.37. The van der Waals surface area contributed by atoms with Crippen LogP contribution in [-0.2, 0) is 4.79 Å². The Morgan fingerprint density at radius 3 is 3.06 bits per heavy atom. The summed E-state index contributed by atoms with van der Waals surface area (Å²) in [5.74, 6) is -0.969. The van der Waals surface area contributed by atoms with Gasteiger partial charge >= 0.3 is 5.97 Å². The molecule has 1 aromatic rings. The summed E-state index contributed by atoms with van der Waals surface area (Å²) in [5.41, 5.74) is 0.827. The molecule has 0 radical (unpaired) electrons. The molecule has 0 aromatic carbocycles. The Balaban J connectivity index is 2.23. The monoisotopic (exact) mass is 234 g/mol. The van der Waals surface area contributed by atoms with Crippen molar-refractivity contribution in [2.24, 2.45) is 0 Å². The van der Waals surface area contributed by atoms with Crippen LogP contribution in [0.4, 0.5) is 0 Å². The van der Waals surface area contributed by atoms with Crippen LogP contribution >= 0.6 is 0 Å². The van der Waals surface area contributed by atoms with Crippen molar-refractivity contribution in [3.63, 3.8) is 0 Å². The van der Waals surface area contributed by atoms with Crippen LogP contribution in [0.1, 0.15) is 47.8 Å². The van der Waals surface area contributed by atoms with E-state index in [1.54, 1.807) is 0 Å². The SMILES string of the molecule is O=C1CCCC[C@@H](c2cc(C(=O)O)ccn2)N1. The van der Waals surface area contributed by atoms with E-state index in [1.807, 2.05) is 0 Å². The van der Waals surface area contributed by atoms with Crippen LogP contribution in [0.25, 0.3) is 0 Å². The van der Waals surface area contributed by atoms with E-state index in [2.05, 4.69) is 10.3 Å². The summed E-state index contributed by atoms with van der Waals surface area (Å²) in [6.45, 7) is 0. The zero-order valence-electron chi connectivity index (χ0n) is 9.35. The zero-order chi connectivity index (χ0) is 12.3. The third-order valence-electron chi connectivity index (χ3n) is 2.87. The molecule has 1 aliphatic rings. The number of carboxylic acid groups (broad SMARTS) is 1. The maximum Gasteiger partial charge on any atom is 0.335 e. The first kappa shape index (κ1) is 11.6. The van der Waals surface area contributed by atoms with Gasteiger partial charge in [0.25, 0.3) is 0 Å². The molecule has 2 N–H and O–H groups in total. The van der Waals surface area contributed by atoms with Crippen molar-refractivity contribution in [2.75, 3.05) is 0 Å². The second-order valence-corrected chi connectivity index (χ2v) is 4.14. The summed E-state index contributed by atoms with van der Waals surface area (Å²) in [6.07, 6.45) is 4.64. The highest BCUT2D eigenvalue weighted by molar-refractivity contribution is 5.87. The fourth-order valence-electron chi connectivity index (χ4n) is 1.97. The number of amides is 1. The molecular weight excluding hydrogens is 220 g/mol. The first-order valence-electron chi connectivity index (χ1n) is 5.65. The van der Waals surface area contributed by atoms with E-state index >= 15 is 0 Å². The van der Waals surface area contributed by atoms with Gasteiger partial charge in [0.2, 0.25) is 5.91 Å². The van der Waals surface area contributed by atoms with E-state index in [0.717, 1.165) is 19.3 Å². The lowest BCUT2D eigenvalue weighted by atomic mass is 10.1. The Bertz CT molecular complexity index is 445. The molecule has 1 amide bonds. The van der Waals surface area contributed by atoms with Crippen molar-refractivity contribution < 1.29 is 14.7 Å². The minimum atomic E-state index is -0.978. The van der Waals surface area contributed by atoms with Crippen LogP contribution in [0.3, 0.4) is 0 Å². The van der Waals surface area contributed by atoms with Crippen molar-refractivity contribution >= 4 is 11.9 Å². The molecule has 17 heavy (non-hydrogen) atoms. The fourth-order valence-corrected chi connectivity index (χ4v) is 1.97. The maximum absolute atomic E-state index is 11.4. The second-order valence-electron chi connectivity index (χ2n) is 4.14. The molecule has 0 aliphatic carbocycles. The van der Waals surface area contributed by atoms with E-state index in [-0.39, 0.29) is 17.5 Å². The minimum absolute atomic E-state index is 0.00929. The van der Waals surface area contributed by atoms with E-state index in [4.69, 9.17) is 5.11 Å². The molecule has 2 rings (SSSR count). The smallest absolute Gasteiger partial charge is 0.335 e. The Labute approximate surface area is 98.9 Å². The van der Waals surface area contributed by atoms with Gasteiger partial charge in [-0.15, -0.1) is 0 Å². The molecule has 5 nitrogen and oxygen atoms in total. The number of aromatic carboxylic acids is 1. The maximum atomic E-state index is 11.4. The van der Waals surface area contributed by atoms with Gasteiger partial charge in [-0.3, -0.25) is 9.78 Å². The molecule has 1 atom stereocenters. The average Bonchev–Trinajstić information content (AvgIpc) is 2.54. The number of rotatable bonds is 2. The predicted octanol–water partition coefficient (Wildman–Crippen LogP) is 1.51. The molecule has 0 unspecified atom stereocenters. The van der Waals surface area contributed by atoms with Gasteiger partial charge in [-0.05, 0) is 25.0 Å². The Morgan fingerprint density at radius 1 is 1.47 bits per heavy atom. The van der Waals surface area contributed by atoms with E-state index in [0.29, 0.717) is 12.1 Å². The van der Waals surface area contributed by atoms with Gasteiger partial charge in [0.05, 0.1) is 17.3 Å². The van der Waals surface area contributed by atoms with Crippen LogP contribution in [0.5, 0.6) is 0 Å². The first-order valence-corrected chi connectivity index (χ1v) is 5.65. The van der Waals surface area contributed by atoms with Crippen LogP contribution in [-0.4, -0.2) is 22.0 Å². The van der Waals surface area contributed by atoms with Crippen molar-refractivity contribution in [2.45, 2.75) is 31.7 Å². The Hall–Kier alpha value is -1.91. The molecule has 5 heteroatoms. The summed E-state index contributed by atoms with van der Waals surface area (Å²) >= 11 is 0. The third kappa shape index (κ3) is 2.81. The first-order chi connectivity index (χ1) is 8.16. The number of hydrogen-bond acceptors (Lipinski definition) is 3. The number of aromatic nitrogens is 1. The van der Waals surface area contributed by atoms with E-state index in [9.17, 15) is 9.59 Å². The van der Waals surface area contributed by atoms with Gasteiger partial charge < -0.3 is 10.4 Å². The van der Waals surface area contributed by atoms with Crippen LogP contribution in [0, 0.1) is 0 Å². The number of carbonyl (C=O) groups is 2. The number of nitrogens with zero attached hydrogens (tertiary/aromatic N) is 1. The second kappa shape index (κ2) is 4.95. The van der Waals surface area contributed by atoms with Crippen LogP contribution < -0.4 is 5.32 Å². The molecule has 0 bridgehead atoms. The lowest BCUT2D eigenvalue weighted by Crippen LogP contribution is -2.26. The highest BCUT2D eigenvalue weighted by Gasteiger charge is 2.19. The van der Waals surface area contributed by atoms with Crippen LogP contribution in [0.2, 0.25) is 0 Å². The van der Waals surface area contributed by atoms with Crippen LogP contribution in [0.15, 0.2) is 18.3 Å². The lowest BCUT2D eigenvalue weighted by Gasteiger charge is -2.15. The van der Waals surface area contributed by atoms with Gasteiger partial charge in [0.15, 0.2) is 0 Å². The van der Waals surface area contributed by atoms with E-state index in [1.165, 1.54) is 18.3 Å². The number of carbonyl (C=O) groups excluding carboxylic acids is 1. The number of hydrogen-bond donors (Lipinski definition) is 2.